The van der Waals surface area contributed by atoms with Gasteiger partial charge in [0.25, 0.3) is 0 Å². The third-order valence-electron chi connectivity index (χ3n) is 4.42. The summed E-state index contributed by atoms with van der Waals surface area (Å²) in [6.45, 7) is 3.96. The van der Waals surface area contributed by atoms with Crippen LogP contribution in [0, 0.1) is 6.92 Å². The summed E-state index contributed by atoms with van der Waals surface area (Å²) in [4.78, 5) is 16.2. The van der Waals surface area contributed by atoms with Crippen molar-refractivity contribution in [2.75, 3.05) is 35.7 Å². The number of aromatic nitrogens is 3. The lowest BCUT2D eigenvalue weighted by molar-refractivity contribution is 0.527. The molecule has 1 fully saturated rings. The van der Waals surface area contributed by atoms with Crippen molar-refractivity contribution in [3.8, 4) is 0 Å². The van der Waals surface area contributed by atoms with E-state index in [0.717, 1.165) is 48.1 Å². The van der Waals surface area contributed by atoms with Crippen LogP contribution in [-0.4, -0.2) is 41.1 Å². The van der Waals surface area contributed by atoms with Gasteiger partial charge in [-0.1, -0.05) is 23.5 Å². The Hall–Kier alpha value is -2.41. The summed E-state index contributed by atoms with van der Waals surface area (Å²) >= 11 is 1.77. The molecule has 1 atom stereocenters. The second kappa shape index (κ2) is 6.84. The average Bonchev–Trinajstić information content (AvgIpc) is 3.05. The lowest BCUT2D eigenvalue weighted by Gasteiger charge is -2.33. The third-order valence-corrected chi connectivity index (χ3v) is 5.52. The van der Waals surface area contributed by atoms with Crippen molar-refractivity contribution >= 4 is 38.5 Å². The van der Waals surface area contributed by atoms with Crippen LogP contribution in [0.5, 0.6) is 0 Å². The maximum Gasteiger partial charge on any atom is 0.225 e. The van der Waals surface area contributed by atoms with Gasteiger partial charge in [-0.15, -0.1) is 0 Å². The molecule has 2 aromatic heterocycles. The predicted octanol–water partition coefficient (Wildman–Crippen LogP) is 3.52. The summed E-state index contributed by atoms with van der Waals surface area (Å²) in [6.07, 6.45) is 2.26. The van der Waals surface area contributed by atoms with E-state index in [-0.39, 0.29) is 0 Å². The number of para-hydroxylation sites is 1. The number of rotatable bonds is 4. The van der Waals surface area contributed by atoms with Crippen molar-refractivity contribution in [2.24, 2.45) is 0 Å². The smallest absolute Gasteiger partial charge is 0.225 e. The van der Waals surface area contributed by atoms with E-state index in [4.69, 9.17) is 4.98 Å². The van der Waals surface area contributed by atoms with E-state index in [1.165, 1.54) is 4.70 Å². The number of hydrogen-bond donors (Lipinski definition) is 2. The van der Waals surface area contributed by atoms with E-state index < -0.39 is 0 Å². The first-order valence-electron chi connectivity index (χ1n) is 8.62. The van der Waals surface area contributed by atoms with E-state index in [0.29, 0.717) is 12.0 Å². The zero-order valence-electron chi connectivity index (χ0n) is 14.5. The fourth-order valence-corrected chi connectivity index (χ4v) is 4.21. The van der Waals surface area contributed by atoms with Gasteiger partial charge in [0.2, 0.25) is 5.95 Å². The minimum absolute atomic E-state index is 0.326. The Morgan fingerprint density at radius 1 is 1.20 bits per heavy atom. The summed E-state index contributed by atoms with van der Waals surface area (Å²) in [7, 11) is 1.88. The van der Waals surface area contributed by atoms with Gasteiger partial charge in [0.15, 0.2) is 5.13 Å². The van der Waals surface area contributed by atoms with Crippen LogP contribution in [0.25, 0.3) is 10.2 Å². The molecule has 7 heteroatoms. The minimum Gasteiger partial charge on any atom is -0.373 e. The molecule has 0 bridgehead atoms. The number of piperidine rings is 1. The van der Waals surface area contributed by atoms with Crippen molar-refractivity contribution in [1.29, 1.82) is 0 Å². The van der Waals surface area contributed by atoms with Crippen LogP contribution >= 0.6 is 11.3 Å². The minimum atomic E-state index is 0.326. The van der Waals surface area contributed by atoms with Gasteiger partial charge < -0.3 is 15.5 Å². The normalized spacial score (nSPS) is 17.7. The Morgan fingerprint density at radius 3 is 2.92 bits per heavy atom. The largest absolute Gasteiger partial charge is 0.373 e. The van der Waals surface area contributed by atoms with E-state index >= 15 is 0 Å². The van der Waals surface area contributed by atoms with Crippen LogP contribution in [0.1, 0.15) is 18.5 Å². The number of anilines is 3. The fourth-order valence-electron chi connectivity index (χ4n) is 3.21. The summed E-state index contributed by atoms with van der Waals surface area (Å²) in [5.74, 6) is 1.54. The second-order valence-corrected chi connectivity index (χ2v) is 7.37. The first-order valence-corrected chi connectivity index (χ1v) is 9.43. The second-order valence-electron chi connectivity index (χ2n) is 6.36. The van der Waals surface area contributed by atoms with Crippen molar-refractivity contribution < 1.29 is 0 Å². The molecule has 0 spiro atoms. The van der Waals surface area contributed by atoms with Gasteiger partial charge in [-0.05, 0) is 31.9 Å². The fraction of sp³-hybridized carbons (Fsp3) is 0.389. The molecule has 4 rings (SSSR count). The third kappa shape index (κ3) is 3.51. The van der Waals surface area contributed by atoms with Gasteiger partial charge >= 0.3 is 0 Å². The first-order chi connectivity index (χ1) is 12.2. The van der Waals surface area contributed by atoms with Gasteiger partial charge in [0.1, 0.15) is 5.82 Å². The summed E-state index contributed by atoms with van der Waals surface area (Å²) in [6, 6.07) is 10.6. The number of hydrogen-bond acceptors (Lipinski definition) is 7. The van der Waals surface area contributed by atoms with Gasteiger partial charge in [-0.3, -0.25) is 0 Å². The Morgan fingerprint density at radius 2 is 2.08 bits per heavy atom. The van der Waals surface area contributed by atoms with Crippen LogP contribution in [0.2, 0.25) is 0 Å². The van der Waals surface area contributed by atoms with Crippen LogP contribution in [0.3, 0.4) is 0 Å². The molecule has 0 radical (unpaired) electrons. The Balaban J connectivity index is 1.50. The Labute approximate surface area is 151 Å². The SMILES string of the molecule is CNc1cc(C)nc(N[C@H]2CCCN(c3nc4ccccc4s3)C2)n1. The van der Waals surface area contributed by atoms with Gasteiger partial charge in [0, 0.05) is 37.9 Å². The summed E-state index contributed by atoms with van der Waals surface area (Å²) in [5, 5.41) is 7.69. The standard InChI is InChI=1S/C18H22N6S/c1-12-10-16(19-2)23-17(20-12)21-13-6-5-9-24(11-13)18-22-14-7-3-4-8-15(14)25-18/h3-4,7-8,10,13H,5-6,9,11H2,1-2H3,(H2,19,20,21,23)/t13-/m0/s1. The molecular formula is C18H22N6S. The molecule has 3 aromatic rings. The van der Waals surface area contributed by atoms with Gasteiger partial charge in [-0.25, -0.2) is 9.97 Å². The van der Waals surface area contributed by atoms with E-state index in [2.05, 4.69) is 43.7 Å². The maximum absolute atomic E-state index is 4.79. The van der Waals surface area contributed by atoms with Crippen LogP contribution < -0.4 is 15.5 Å². The molecule has 0 amide bonds. The van der Waals surface area contributed by atoms with Gasteiger partial charge in [-0.2, -0.15) is 4.98 Å². The van der Waals surface area contributed by atoms with Crippen molar-refractivity contribution in [2.45, 2.75) is 25.8 Å². The highest BCUT2D eigenvalue weighted by molar-refractivity contribution is 7.22. The first kappa shape index (κ1) is 16.1. The monoisotopic (exact) mass is 354 g/mol. The van der Waals surface area contributed by atoms with Crippen molar-refractivity contribution in [3.05, 3.63) is 36.0 Å². The molecule has 130 valence electrons. The molecule has 6 nitrogen and oxygen atoms in total. The summed E-state index contributed by atoms with van der Waals surface area (Å²) in [5.41, 5.74) is 2.04. The lowest BCUT2D eigenvalue weighted by Crippen LogP contribution is -2.42. The number of fused-ring (bicyclic) bond motifs is 1. The topological polar surface area (TPSA) is 66.0 Å². The molecule has 1 aliphatic rings. The van der Waals surface area contributed by atoms with E-state index in [1.807, 2.05) is 26.1 Å². The number of aryl methyl sites for hydroxylation is 1. The molecule has 1 aliphatic heterocycles. The van der Waals surface area contributed by atoms with Crippen LogP contribution in [0.15, 0.2) is 30.3 Å². The molecule has 0 unspecified atom stereocenters. The van der Waals surface area contributed by atoms with E-state index in [9.17, 15) is 0 Å². The average molecular weight is 354 g/mol. The molecule has 0 saturated carbocycles. The molecule has 1 saturated heterocycles. The quantitative estimate of drug-likeness (QED) is 0.747. The number of nitrogens with zero attached hydrogens (tertiary/aromatic N) is 4. The molecule has 3 heterocycles. The molecule has 25 heavy (non-hydrogen) atoms. The van der Waals surface area contributed by atoms with Crippen molar-refractivity contribution in [1.82, 2.24) is 15.0 Å². The zero-order chi connectivity index (χ0) is 17.2. The molecule has 2 N–H and O–H groups in total. The Bertz CT molecular complexity index is 844. The predicted molar refractivity (Wildman–Crippen MR) is 105 cm³/mol. The highest BCUT2D eigenvalue weighted by Crippen LogP contribution is 2.30. The molecule has 0 aliphatic carbocycles. The maximum atomic E-state index is 4.79. The van der Waals surface area contributed by atoms with Crippen LogP contribution in [-0.2, 0) is 0 Å². The van der Waals surface area contributed by atoms with Gasteiger partial charge in [0.05, 0.1) is 10.2 Å². The number of thiazole rings is 1. The zero-order valence-corrected chi connectivity index (χ0v) is 15.3. The molecule has 1 aromatic carbocycles. The van der Waals surface area contributed by atoms with E-state index in [1.54, 1.807) is 11.3 Å². The van der Waals surface area contributed by atoms with Crippen LogP contribution in [0.4, 0.5) is 16.9 Å². The summed E-state index contributed by atoms with van der Waals surface area (Å²) < 4.78 is 1.24. The molecular weight excluding hydrogens is 332 g/mol. The lowest BCUT2D eigenvalue weighted by atomic mass is 10.1. The highest BCUT2D eigenvalue weighted by Gasteiger charge is 2.23. The number of nitrogens with one attached hydrogen (secondary N) is 2. The van der Waals surface area contributed by atoms with Crippen molar-refractivity contribution in [3.63, 3.8) is 0 Å². The highest BCUT2D eigenvalue weighted by atomic mass is 32.1. The Kier molecular flexibility index (Phi) is 4.40. The number of benzene rings is 1.